The van der Waals surface area contributed by atoms with Crippen molar-refractivity contribution >= 4 is 17.3 Å². The highest BCUT2D eigenvalue weighted by Gasteiger charge is 2.20. The molecule has 12 heavy (non-hydrogen) atoms. The molecule has 0 aliphatic carbocycles. The van der Waals surface area contributed by atoms with Crippen LogP contribution in [0, 0.1) is 5.92 Å². The first-order valence-corrected chi connectivity index (χ1v) is 4.74. The van der Waals surface area contributed by atoms with Crippen LogP contribution in [-0.2, 0) is 4.74 Å². The molecule has 1 rings (SSSR count). The molecule has 0 saturated carbocycles. The fraction of sp³-hybridized carbons (Fsp3) is 0.875. The zero-order chi connectivity index (χ0) is 8.97. The summed E-state index contributed by atoms with van der Waals surface area (Å²) >= 11 is 4.77. The number of ether oxygens (including phenoxy) is 1. The zero-order valence-corrected chi connectivity index (χ0v) is 8.19. The van der Waals surface area contributed by atoms with Crippen LogP contribution in [0.2, 0.25) is 0 Å². The van der Waals surface area contributed by atoms with Crippen LogP contribution in [0.25, 0.3) is 0 Å². The molecule has 0 radical (unpaired) electrons. The van der Waals surface area contributed by atoms with Gasteiger partial charge in [-0.05, 0) is 32.0 Å². The Hall–Kier alpha value is -0.350. The Kier molecular flexibility index (Phi) is 3.75. The van der Waals surface area contributed by atoms with Crippen molar-refractivity contribution in [3.63, 3.8) is 0 Å². The van der Waals surface area contributed by atoms with E-state index in [0.717, 1.165) is 19.6 Å². The van der Waals surface area contributed by atoms with Crippen LogP contribution in [0.4, 0.5) is 0 Å². The van der Waals surface area contributed by atoms with Gasteiger partial charge in [-0.25, -0.2) is 0 Å². The molecule has 4 heteroatoms. The molecule has 0 bridgehead atoms. The fourth-order valence-corrected chi connectivity index (χ4v) is 1.69. The molecule has 0 aromatic rings. The Balaban J connectivity index is 2.29. The van der Waals surface area contributed by atoms with E-state index in [-0.39, 0.29) is 0 Å². The van der Waals surface area contributed by atoms with Gasteiger partial charge >= 0.3 is 0 Å². The number of hydrogen-bond acceptors (Lipinski definition) is 2. The topological polar surface area (TPSA) is 47.3 Å². The minimum atomic E-state index is 0.336. The van der Waals surface area contributed by atoms with E-state index in [4.69, 9.17) is 22.7 Å². The van der Waals surface area contributed by atoms with Gasteiger partial charge in [0.25, 0.3) is 0 Å². The van der Waals surface area contributed by atoms with Gasteiger partial charge in [-0.3, -0.25) is 0 Å². The monoisotopic (exact) mass is 188 g/mol. The molecule has 3 nitrogen and oxygen atoms in total. The van der Waals surface area contributed by atoms with Gasteiger partial charge in [-0.15, -0.1) is 0 Å². The van der Waals surface area contributed by atoms with E-state index in [0.29, 0.717) is 17.1 Å². The van der Waals surface area contributed by atoms with Crippen molar-refractivity contribution in [3.05, 3.63) is 0 Å². The lowest BCUT2D eigenvalue weighted by Gasteiger charge is -2.28. The second-order valence-corrected chi connectivity index (χ2v) is 3.71. The van der Waals surface area contributed by atoms with Crippen LogP contribution in [0.15, 0.2) is 0 Å². The molecule has 2 unspecified atom stereocenters. The standard InChI is InChI=1S/C8H16N2OS/c1-6(10-8(9)12)7-3-2-4-11-5-7/h6-7H,2-5H2,1H3,(H3,9,10,12). The summed E-state index contributed by atoms with van der Waals surface area (Å²) in [6.45, 7) is 3.82. The molecule has 1 fully saturated rings. The minimum Gasteiger partial charge on any atom is -0.381 e. The van der Waals surface area contributed by atoms with Gasteiger partial charge in [-0.2, -0.15) is 0 Å². The molecule has 2 atom stereocenters. The number of rotatable bonds is 2. The molecule has 1 aliphatic rings. The second kappa shape index (κ2) is 4.62. The summed E-state index contributed by atoms with van der Waals surface area (Å²) < 4.78 is 5.36. The third-order valence-electron chi connectivity index (χ3n) is 2.27. The van der Waals surface area contributed by atoms with Crippen molar-refractivity contribution in [1.29, 1.82) is 0 Å². The smallest absolute Gasteiger partial charge is 0.163 e. The van der Waals surface area contributed by atoms with E-state index in [9.17, 15) is 0 Å². The van der Waals surface area contributed by atoms with Gasteiger partial charge in [0.05, 0.1) is 6.61 Å². The normalized spacial score (nSPS) is 26.2. The number of nitrogens with two attached hydrogens (primary N) is 1. The summed E-state index contributed by atoms with van der Waals surface area (Å²) in [5, 5.41) is 3.42. The maximum absolute atomic E-state index is 5.38. The quantitative estimate of drug-likeness (QED) is 0.624. The molecule has 0 spiro atoms. The molecule has 1 aliphatic heterocycles. The van der Waals surface area contributed by atoms with Gasteiger partial charge in [0.15, 0.2) is 5.11 Å². The van der Waals surface area contributed by atoms with E-state index in [2.05, 4.69) is 12.2 Å². The first-order chi connectivity index (χ1) is 5.70. The molecule has 1 saturated heterocycles. The largest absolute Gasteiger partial charge is 0.381 e. The van der Waals surface area contributed by atoms with E-state index in [1.165, 1.54) is 6.42 Å². The minimum absolute atomic E-state index is 0.336. The molecule has 3 N–H and O–H groups in total. The van der Waals surface area contributed by atoms with E-state index in [1.54, 1.807) is 0 Å². The molecular weight excluding hydrogens is 172 g/mol. The van der Waals surface area contributed by atoms with E-state index in [1.807, 2.05) is 0 Å². The van der Waals surface area contributed by atoms with Crippen molar-refractivity contribution < 1.29 is 4.74 Å². The Morgan fingerprint density at radius 3 is 3.00 bits per heavy atom. The lowest BCUT2D eigenvalue weighted by Crippen LogP contribution is -2.43. The predicted molar refractivity (Wildman–Crippen MR) is 52.9 cm³/mol. The van der Waals surface area contributed by atoms with Crippen LogP contribution in [-0.4, -0.2) is 24.4 Å². The summed E-state index contributed by atoms with van der Waals surface area (Å²) in [6, 6.07) is 0.336. The molecule has 1 heterocycles. The van der Waals surface area contributed by atoms with Crippen LogP contribution >= 0.6 is 12.2 Å². The summed E-state index contributed by atoms with van der Waals surface area (Å²) in [6.07, 6.45) is 2.35. The number of nitrogens with one attached hydrogen (secondary N) is 1. The maximum Gasteiger partial charge on any atom is 0.163 e. The molecule has 0 aromatic carbocycles. The number of thiocarbonyl (C=S) groups is 1. The Bertz CT molecular complexity index is 157. The fourth-order valence-electron chi connectivity index (χ4n) is 1.50. The zero-order valence-electron chi connectivity index (χ0n) is 7.38. The third-order valence-corrected chi connectivity index (χ3v) is 2.39. The first kappa shape index (κ1) is 9.74. The SMILES string of the molecule is CC(NC(N)=S)C1CCCOC1. The summed E-state index contributed by atoms with van der Waals surface area (Å²) in [4.78, 5) is 0. The third kappa shape index (κ3) is 2.95. The molecular formula is C8H16N2OS. The van der Waals surface area contributed by atoms with Crippen LogP contribution in [0.5, 0.6) is 0 Å². The van der Waals surface area contributed by atoms with Gasteiger partial charge in [0, 0.05) is 18.6 Å². The summed E-state index contributed by atoms with van der Waals surface area (Å²) in [7, 11) is 0. The van der Waals surface area contributed by atoms with Crippen molar-refractivity contribution in [1.82, 2.24) is 5.32 Å². The Morgan fingerprint density at radius 1 is 1.75 bits per heavy atom. The average Bonchev–Trinajstić information content (AvgIpc) is 2.05. The molecule has 70 valence electrons. The lowest BCUT2D eigenvalue weighted by atomic mass is 9.95. The van der Waals surface area contributed by atoms with Crippen molar-refractivity contribution in [2.45, 2.75) is 25.8 Å². The number of hydrogen-bond donors (Lipinski definition) is 2. The van der Waals surface area contributed by atoms with Crippen molar-refractivity contribution in [3.8, 4) is 0 Å². The second-order valence-electron chi connectivity index (χ2n) is 3.27. The highest BCUT2D eigenvalue weighted by atomic mass is 32.1. The van der Waals surface area contributed by atoms with Crippen LogP contribution in [0.3, 0.4) is 0 Å². The molecule has 0 aromatic heterocycles. The maximum atomic E-state index is 5.38. The summed E-state index contributed by atoms with van der Waals surface area (Å²) in [5.41, 5.74) is 5.38. The Labute approximate surface area is 78.7 Å². The van der Waals surface area contributed by atoms with Crippen LogP contribution < -0.4 is 11.1 Å². The van der Waals surface area contributed by atoms with Gasteiger partial charge < -0.3 is 15.8 Å². The van der Waals surface area contributed by atoms with Crippen molar-refractivity contribution in [2.75, 3.05) is 13.2 Å². The van der Waals surface area contributed by atoms with E-state index >= 15 is 0 Å². The van der Waals surface area contributed by atoms with Crippen LogP contribution in [0.1, 0.15) is 19.8 Å². The van der Waals surface area contributed by atoms with E-state index < -0.39 is 0 Å². The first-order valence-electron chi connectivity index (χ1n) is 4.34. The highest BCUT2D eigenvalue weighted by Crippen LogP contribution is 2.16. The average molecular weight is 188 g/mol. The summed E-state index contributed by atoms with van der Waals surface area (Å²) in [5.74, 6) is 0.556. The lowest BCUT2D eigenvalue weighted by molar-refractivity contribution is 0.0447. The van der Waals surface area contributed by atoms with Gasteiger partial charge in [0.2, 0.25) is 0 Å². The van der Waals surface area contributed by atoms with Gasteiger partial charge in [0.1, 0.15) is 0 Å². The van der Waals surface area contributed by atoms with Crippen molar-refractivity contribution in [2.24, 2.45) is 11.7 Å². The highest BCUT2D eigenvalue weighted by molar-refractivity contribution is 7.80. The Morgan fingerprint density at radius 2 is 2.50 bits per heavy atom. The van der Waals surface area contributed by atoms with Gasteiger partial charge in [-0.1, -0.05) is 0 Å². The molecule has 0 amide bonds. The predicted octanol–water partition coefficient (Wildman–Crippen LogP) is 0.635.